The van der Waals surface area contributed by atoms with E-state index in [1.165, 1.54) is 25.0 Å². The van der Waals surface area contributed by atoms with Gasteiger partial charge in [-0.2, -0.15) is 5.10 Å². The molecule has 0 spiro atoms. The molecule has 98 valence electrons. The molecule has 0 aromatic carbocycles. The first-order valence-corrected chi connectivity index (χ1v) is 6.65. The van der Waals surface area contributed by atoms with Crippen molar-refractivity contribution in [2.75, 3.05) is 6.54 Å². The highest BCUT2D eigenvalue weighted by Crippen LogP contribution is 2.25. The molecule has 0 saturated heterocycles. The van der Waals surface area contributed by atoms with Gasteiger partial charge in [-0.1, -0.05) is 34.1 Å². The van der Waals surface area contributed by atoms with Crippen LogP contribution in [0.5, 0.6) is 0 Å². The van der Waals surface area contributed by atoms with E-state index in [-0.39, 0.29) is 0 Å². The Kier molecular flexibility index (Phi) is 5.19. The molecule has 0 saturated carbocycles. The van der Waals surface area contributed by atoms with Gasteiger partial charge in [0.15, 0.2) is 0 Å². The van der Waals surface area contributed by atoms with E-state index in [2.05, 4.69) is 44.2 Å². The van der Waals surface area contributed by atoms with Crippen molar-refractivity contribution < 1.29 is 0 Å². The van der Waals surface area contributed by atoms with Gasteiger partial charge in [0.25, 0.3) is 0 Å². The van der Waals surface area contributed by atoms with Gasteiger partial charge in [0.1, 0.15) is 0 Å². The number of hydrogen-bond donors (Lipinski definition) is 1. The van der Waals surface area contributed by atoms with Crippen molar-refractivity contribution in [3.8, 4) is 0 Å². The van der Waals surface area contributed by atoms with Crippen molar-refractivity contribution in [2.45, 2.75) is 53.0 Å². The molecular weight excluding hydrogens is 210 g/mol. The number of nitrogens with one attached hydrogen (secondary N) is 1. The fourth-order valence-corrected chi connectivity index (χ4v) is 2.06. The molecule has 1 unspecified atom stereocenters. The highest BCUT2D eigenvalue weighted by molar-refractivity contribution is 5.05. The van der Waals surface area contributed by atoms with Crippen molar-refractivity contribution in [3.05, 3.63) is 18.0 Å². The van der Waals surface area contributed by atoms with Crippen LogP contribution in [0.4, 0.5) is 0 Å². The van der Waals surface area contributed by atoms with Gasteiger partial charge >= 0.3 is 0 Å². The Morgan fingerprint density at radius 3 is 2.59 bits per heavy atom. The first-order chi connectivity index (χ1) is 7.92. The van der Waals surface area contributed by atoms with Crippen LogP contribution in [-0.2, 0) is 7.05 Å². The second-order valence-corrected chi connectivity index (χ2v) is 5.98. The SMILES string of the molecule is CCNC(CCCC(C)(C)C)c1ccn(C)n1. The number of rotatable bonds is 6. The molecule has 1 aromatic heterocycles. The van der Waals surface area contributed by atoms with Crippen molar-refractivity contribution in [1.29, 1.82) is 0 Å². The first kappa shape index (κ1) is 14.2. The standard InChI is InChI=1S/C14H27N3/c1-6-15-12(8-7-10-14(2,3)4)13-9-11-17(5)16-13/h9,11-12,15H,6-8,10H2,1-5H3. The molecule has 0 aliphatic heterocycles. The topological polar surface area (TPSA) is 29.9 Å². The summed E-state index contributed by atoms with van der Waals surface area (Å²) in [5, 5.41) is 8.02. The minimum absolute atomic E-state index is 0.406. The van der Waals surface area contributed by atoms with Gasteiger partial charge in [-0.3, -0.25) is 4.68 Å². The first-order valence-electron chi connectivity index (χ1n) is 6.65. The maximum Gasteiger partial charge on any atom is 0.0793 e. The summed E-state index contributed by atoms with van der Waals surface area (Å²) in [5.41, 5.74) is 1.60. The number of nitrogens with zero attached hydrogens (tertiary/aromatic N) is 2. The summed E-state index contributed by atoms with van der Waals surface area (Å²) >= 11 is 0. The number of hydrogen-bond acceptors (Lipinski definition) is 2. The van der Waals surface area contributed by atoms with E-state index in [0.29, 0.717) is 11.5 Å². The molecule has 1 N–H and O–H groups in total. The highest BCUT2D eigenvalue weighted by atomic mass is 15.3. The molecule has 0 bridgehead atoms. The van der Waals surface area contributed by atoms with Gasteiger partial charge < -0.3 is 5.32 Å². The molecule has 3 heteroatoms. The molecule has 1 heterocycles. The smallest absolute Gasteiger partial charge is 0.0793 e. The van der Waals surface area contributed by atoms with Crippen molar-refractivity contribution in [2.24, 2.45) is 12.5 Å². The molecule has 0 aliphatic carbocycles. The van der Waals surface area contributed by atoms with Crippen LogP contribution in [0, 0.1) is 5.41 Å². The van der Waals surface area contributed by atoms with Gasteiger partial charge in [0.2, 0.25) is 0 Å². The zero-order valence-electron chi connectivity index (χ0n) is 12.0. The van der Waals surface area contributed by atoms with E-state index in [1.54, 1.807) is 0 Å². The Labute approximate surface area is 106 Å². The number of aryl methyl sites for hydroxylation is 1. The molecule has 1 rings (SSSR count). The van der Waals surface area contributed by atoms with E-state index in [0.717, 1.165) is 6.54 Å². The zero-order chi connectivity index (χ0) is 12.9. The molecule has 1 aromatic rings. The zero-order valence-corrected chi connectivity index (χ0v) is 12.0. The third-order valence-electron chi connectivity index (χ3n) is 2.96. The third kappa shape index (κ3) is 5.35. The minimum atomic E-state index is 0.406. The van der Waals surface area contributed by atoms with Crippen molar-refractivity contribution in [3.63, 3.8) is 0 Å². The lowest BCUT2D eigenvalue weighted by Gasteiger charge is -2.20. The molecule has 0 fully saturated rings. The maximum absolute atomic E-state index is 4.50. The van der Waals surface area contributed by atoms with Crippen molar-refractivity contribution in [1.82, 2.24) is 15.1 Å². The predicted molar refractivity (Wildman–Crippen MR) is 72.9 cm³/mol. The molecule has 0 amide bonds. The van der Waals surface area contributed by atoms with Crippen LogP contribution >= 0.6 is 0 Å². The van der Waals surface area contributed by atoms with Crippen LogP contribution in [0.1, 0.15) is 58.7 Å². The average Bonchev–Trinajstić information content (AvgIpc) is 2.62. The van der Waals surface area contributed by atoms with Crippen LogP contribution in [-0.4, -0.2) is 16.3 Å². The Bertz CT molecular complexity index is 322. The average molecular weight is 237 g/mol. The van der Waals surface area contributed by atoms with Gasteiger partial charge in [0.05, 0.1) is 11.7 Å². The number of aromatic nitrogens is 2. The molecular formula is C14H27N3. The monoisotopic (exact) mass is 237 g/mol. The van der Waals surface area contributed by atoms with Gasteiger partial charge in [-0.05, 0) is 30.9 Å². The van der Waals surface area contributed by atoms with Crippen LogP contribution in [0.3, 0.4) is 0 Å². The van der Waals surface area contributed by atoms with E-state index >= 15 is 0 Å². The Hall–Kier alpha value is -0.830. The second-order valence-electron chi connectivity index (χ2n) is 5.98. The second kappa shape index (κ2) is 6.20. The molecule has 0 aliphatic rings. The Morgan fingerprint density at radius 2 is 2.12 bits per heavy atom. The largest absolute Gasteiger partial charge is 0.309 e. The Morgan fingerprint density at radius 1 is 1.41 bits per heavy atom. The maximum atomic E-state index is 4.50. The van der Waals surface area contributed by atoms with E-state index in [4.69, 9.17) is 0 Å². The lowest BCUT2D eigenvalue weighted by atomic mass is 9.88. The normalized spacial score (nSPS) is 13.9. The summed E-state index contributed by atoms with van der Waals surface area (Å²) in [7, 11) is 1.97. The van der Waals surface area contributed by atoms with E-state index in [1.807, 2.05) is 17.9 Å². The van der Waals surface area contributed by atoms with Crippen LogP contribution in [0.2, 0.25) is 0 Å². The van der Waals surface area contributed by atoms with Crippen molar-refractivity contribution >= 4 is 0 Å². The lowest BCUT2D eigenvalue weighted by Crippen LogP contribution is -2.22. The third-order valence-corrected chi connectivity index (χ3v) is 2.96. The Balaban J connectivity index is 2.49. The van der Waals surface area contributed by atoms with Gasteiger partial charge in [-0.25, -0.2) is 0 Å². The summed E-state index contributed by atoms with van der Waals surface area (Å²) in [6, 6.07) is 2.52. The van der Waals surface area contributed by atoms with Crippen LogP contribution < -0.4 is 5.32 Å². The fraction of sp³-hybridized carbons (Fsp3) is 0.786. The predicted octanol–water partition coefficient (Wildman–Crippen LogP) is 3.29. The summed E-state index contributed by atoms with van der Waals surface area (Å²) in [4.78, 5) is 0. The highest BCUT2D eigenvalue weighted by Gasteiger charge is 2.15. The molecule has 0 radical (unpaired) electrons. The quantitative estimate of drug-likeness (QED) is 0.823. The van der Waals surface area contributed by atoms with E-state index < -0.39 is 0 Å². The summed E-state index contributed by atoms with van der Waals surface area (Å²) < 4.78 is 1.88. The lowest BCUT2D eigenvalue weighted by molar-refractivity contribution is 0.343. The summed E-state index contributed by atoms with van der Waals surface area (Å²) in [6.07, 6.45) is 5.70. The van der Waals surface area contributed by atoms with Gasteiger partial charge in [-0.15, -0.1) is 0 Å². The summed E-state index contributed by atoms with van der Waals surface area (Å²) in [6.45, 7) is 10.1. The van der Waals surface area contributed by atoms with Crippen LogP contribution in [0.25, 0.3) is 0 Å². The summed E-state index contributed by atoms with van der Waals surface area (Å²) in [5.74, 6) is 0. The van der Waals surface area contributed by atoms with E-state index in [9.17, 15) is 0 Å². The molecule has 17 heavy (non-hydrogen) atoms. The fourth-order valence-electron chi connectivity index (χ4n) is 2.06. The molecule has 1 atom stereocenters. The molecule has 3 nitrogen and oxygen atoms in total. The van der Waals surface area contributed by atoms with Gasteiger partial charge in [0, 0.05) is 13.2 Å². The minimum Gasteiger partial charge on any atom is -0.309 e. The van der Waals surface area contributed by atoms with Crippen LogP contribution in [0.15, 0.2) is 12.3 Å².